The van der Waals surface area contributed by atoms with Gasteiger partial charge >= 0.3 is 5.97 Å². The Labute approximate surface area is 146 Å². The Morgan fingerprint density at radius 3 is 2.68 bits per heavy atom. The highest BCUT2D eigenvalue weighted by Gasteiger charge is 2.35. The summed E-state index contributed by atoms with van der Waals surface area (Å²) in [7, 11) is -1.32. The Kier molecular flexibility index (Phi) is 6.15. The van der Waals surface area contributed by atoms with E-state index in [1.165, 1.54) is 6.92 Å². The lowest BCUT2D eigenvalue weighted by molar-refractivity contribution is 0.0600. The Morgan fingerprint density at radius 1 is 1.40 bits per heavy atom. The van der Waals surface area contributed by atoms with Crippen LogP contribution in [0.4, 0.5) is 4.39 Å². The quantitative estimate of drug-likeness (QED) is 0.691. The first kappa shape index (κ1) is 19.8. The molecule has 1 saturated heterocycles. The first-order chi connectivity index (χ1) is 11.7. The smallest absolute Gasteiger partial charge is 0.337 e. The van der Waals surface area contributed by atoms with Crippen LogP contribution in [0.2, 0.25) is 0 Å². The van der Waals surface area contributed by atoms with Crippen LogP contribution in [-0.2, 0) is 19.5 Å². The Morgan fingerprint density at radius 2 is 2.12 bits per heavy atom. The minimum absolute atomic E-state index is 0.0553. The monoisotopic (exact) mass is 374 g/mol. The highest BCUT2D eigenvalue weighted by atomic mass is 32.2. The van der Waals surface area contributed by atoms with Crippen molar-refractivity contribution >= 4 is 16.0 Å². The Bertz CT molecular complexity index is 745. The van der Waals surface area contributed by atoms with E-state index in [0.29, 0.717) is 6.61 Å². The van der Waals surface area contributed by atoms with Crippen molar-refractivity contribution in [3.63, 3.8) is 0 Å². The summed E-state index contributed by atoms with van der Waals surface area (Å²) in [5.74, 6) is -1.59. The zero-order valence-corrected chi connectivity index (χ0v) is 15.3. The van der Waals surface area contributed by atoms with Gasteiger partial charge in [0.05, 0.1) is 29.7 Å². The highest BCUT2D eigenvalue weighted by molar-refractivity contribution is 7.89. The van der Waals surface area contributed by atoms with E-state index >= 15 is 0 Å². The highest BCUT2D eigenvalue weighted by Crippen LogP contribution is 2.23. The van der Waals surface area contributed by atoms with Crippen molar-refractivity contribution in [3.05, 3.63) is 29.1 Å². The zero-order valence-electron chi connectivity index (χ0n) is 14.5. The van der Waals surface area contributed by atoms with Gasteiger partial charge in [-0.2, -0.15) is 0 Å². The summed E-state index contributed by atoms with van der Waals surface area (Å²) in [4.78, 5) is 11.3. The fourth-order valence-electron chi connectivity index (χ4n) is 2.95. The summed E-state index contributed by atoms with van der Waals surface area (Å²) in [6, 6.07) is 2.09. The molecule has 0 aromatic heterocycles. The summed E-state index contributed by atoms with van der Waals surface area (Å²) >= 11 is 0. The van der Waals surface area contributed by atoms with Gasteiger partial charge in [0.2, 0.25) is 10.0 Å². The molecule has 1 aromatic carbocycles. The van der Waals surface area contributed by atoms with Gasteiger partial charge in [0.15, 0.2) is 0 Å². The van der Waals surface area contributed by atoms with E-state index < -0.39 is 27.3 Å². The van der Waals surface area contributed by atoms with Gasteiger partial charge in [-0.3, -0.25) is 0 Å². The van der Waals surface area contributed by atoms with E-state index in [-0.39, 0.29) is 22.6 Å². The topological polar surface area (TPSA) is 93.7 Å². The molecule has 1 aromatic rings. The second kappa shape index (κ2) is 7.77. The molecule has 9 heteroatoms. The van der Waals surface area contributed by atoms with Crippen LogP contribution in [0, 0.1) is 12.7 Å². The zero-order chi connectivity index (χ0) is 18.7. The van der Waals surface area contributed by atoms with Gasteiger partial charge < -0.3 is 14.8 Å². The second-order valence-electron chi connectivity index (χ2n) is 6.14. The number of sulfonamides is 1. The molecule has 2 N–H and O–H groups in total. The molecule has 140 valence electrons. The molecule has 0 bridgehead atoms. The number of nitrogens with one attached hydrogen (secondary N) is 2. The van der Waals surface area contributed by atoms with Crippen molar-refractivity contribution in [2.45, 2.75) is 30.2 Å². The number of esters is 1. The van der Waals surface area contributed by atoms with E-state index in [1.54, 1.807) is 7.11 Å². The van der Waals surface area contributed by atoms with Crippen LogP contribution < -0.4 is 10.0 Å². The normalized spacial score (nSPS) is 20.6. The lowest BCUT2D eigenvalue weighted by atomic mass is 9.99. The number of carbonyl (C=O) groups is 1. The average Bonchev–Trinajstić information content (AvgIpc) is 3.04. The third kappa shape index (κ3) is 4.35. The van der Waals surface area contributed by atoms with Crippen LogP contribution >= 0.6 is 0 Å². The molecular weight excluding hydrogens is 351 g/mol. The first-order valence-electron chi connectivity index (χ1n) is 7.87. The third-order valence-electron chi connectivity index (χ3n) is 4.36. The molecule has 1 atom stereocenters. The van der Waals surface area contributed by atoms with E-state index in [4.69, 9.17) is 4.74 Å². The molecule has 0 saturated carbocycles. The van der Waals surface area contributed by atoms with Crippen molar-refractivity contribution in [1.29, 1.82) is 0 Å². The van der Waals surface area contributed by atoms with Crippen LogP contribution in [0.5, 0.6) is 0 Å². The minimum Gasteiger partial charge on any atom is -0.465 e. The lowest BCUT2D eigenvalue weighted by Gasteiger charge is -2.29. The van der Waals surface area contributed by atoms with Crippen molar-refractivity contribution in [1.82, 2.24) is 10.0 Å². The molecule has 2 rings (SSSR count). The molecule has 7 nitrogen and oxygen atoms in total. The van der Waals surface area contributed by atoms with Crippen LogP contribution in [-0.4, -0.2) is 53.8 Å². The maximum absolute atomic E-state index is 14.1. The van der Waals surface area contributed by atoms with Crippen LogP contribution in [0.25, 0.3) is 0 Å². The lowest BCUT2D eigenvalue weighted by Crippen LogP contribution is -2.52. The maximum atomic E-state index is 14.1. The van der Waals surface area contributed by atoms with E-state index in [0.717, 1.165) is 38.6 Å². The number of hydrogen-bond acceptors (Lipinski definition) is 6. The number of rotatable bonds is 7. The predicted molar refractivity (Wildman–Crippen MR) is 89.5 cm³/mol. The SMILES string of the molecule is COCC1(CNS(=O)(=O)c2cc(C(=O)OC)cc(F)c2C)CCCN1. The summed E-state index contributed by atoms with van der Waals surface area (Å²) in [5, 5.41) is 3.26. The minimum atomic E-state index is -4.01. The molecular formula is C16H23FN2O5S. The van der Waals surface area contributed by atoms with Gasteiger partial charge in [0, 0.05) is 19.2 Å². The molecule has 1 fully saturated rings. The molecule has 0 radical (unpaired) electrons. The number of benzene rings is 1. The van der Waals surface area contributed by atoms with Gasteiger partial charge in [-0.15, -0.1) is 0 Å². The fraction of sp³-hybridized carbons (Fsp3) is 0.562. The van der Waals surface area contributed by atoms with E-state index in [1.807, 2.05) is 0 Å². The molecule has 1 heterocycles. The third-order valence-corrected chi connectivity index (χ3v) is 5.89. The van der Waals surface area contributed by atoms with Crippen molar-refractivity contribution in [3.8, 4) is 0 Å². The molecule has 1 aliphatic heterocycles. The molecule has 0 aliphatic carbocycles. The molecule has 1 aliphatic rings. The molecule has 25 heavy (non-hydrogen) atoms. The summed E-state index contributed by atoms with van der Waals surface area (Å²) in [6.45, 7) is 2.58. The van der Waals surface area contributed by atoms with Gasteiger partial charge in [0.25, 0.3) is 0 Å². The van der Waals surface area contributed by atoms with E-state index in [2.05, 4.69) is 14.8 Å². The van der Waals surface area contributed by atoms with E-state index in [9.17, 15) is 17.6 Å². The first-order valence-corrected chi connectivity index (χ1v) is 9.35. The summed E-state index contributed by atoms with van der Waals surface area (Å²) < 4.78 is 51.7. The number of ether oxygens (including phenoxy) is 2. The second-order valence-corrected chi connectivity index (χ2v) is 7.88. The average molecular weight is 374 g/mol. The van der Waals surface area contributed by atoms with Gasteiger partial charge in [-0.25, -0.2) is 22.3 Å². The number of hydrogen-bond donors (Lipinski definition) is 2. The largest absolute Gasteiger partial charge is 0.465 e. The summed E-state index contributed by atoms with van der Waals surface area (Å²) in [6.07, 6.45) is 1.68. The Balaban J connectivity index is 2.30. The number of halogens is 1. The fourth-order valence-corrected chi connectivity index (χ4v) is 4.35. The number of carbonyl (C=O) groups excluding carboxylic acids is 1. The standard InChI is InChI=1S/C16H23FN2O5S/c1-11-13(17)7-12(15(20)24-3)8-14(11)25(21,22)19-9-16(10-23-2)5-4-6-18-16/h7-8,18-19H,4-6,9-10H2,1-3H3. The van der Waals surface area contributed by atoms with Gasteiger partial charge in [-0.1, -0.05) is 0 Å². The van der Waals surface area contributed by atoms with Crippen molar-refractivity contribution < 1.29 is 27.1 Å². The number of methoxy groups -OCH3 is 2. The predicted octanol–water partition coefficient (Wildman–Crippen LogP) is 0.968. The van der Waals surface area contributed by atoms with Crippen LogP contribution in [0.15, 0.2) is 17.0 Å². The van der Waals surface area contributed by atoms with Crippen LogP contribution in [0.1, 0.15) is 28.8 Å². The van der Waals surface area contributed by atoms with Crippen molar-refractivity contribution in [2.75, 3.05) is 33.9 Å². The van der Waals surface area contributed by atoms with Gasteiger partial charge in [0.1, 0.15) is 5.82 Å². The molecule has 0 spiro atoms. The van der Waals surface area contributed by atoms with Crippen LogP contribution in [0.3, 0.4) is 0 Å². The van der Waals surface area contributed by atoms with Gasteiger partial charge in [-0.05, 0) is 38.4 Å². The summed E-state index contributed by atoms with van der Waals surface area (Å²) in [5.41, 5.74) is -0.703. The van der Waals surface area contributed by atoms with Crippen molar-refractivity contribution in [2.24, 2.45) is 0 Å². The Hall–Kier alpha value is -1.55. The maximum Gasteiger partial charge on any atom is 0.337 e. The molecule has 1 unspecified atom stereocenters. The molecule has 0 amide bonds.